The van der Waals surface area contributed by atoms with E-state index in [1.54, 1.807) is 0 Å². The summed E-state index contributed by atoms with van der Waals surface area (Å²) in [5.41, 5.74) is 0. The number of carbonyl (C=O) groups excluding carboxylic acids is 1. The molecular formula is C7H12N4O4S. The Labute approximate surface area is 92.3 Å². The van der Waals surface area contributed by atoms with E-state index in [0.717, 1.165) is 6.26 Å². The molecule has 8 nitrogen and oxygen atoms in total. The molecule has 0 fully saturated rings. The van der Waals surface area contributed by atoms with Gasteiger partial charge in [0.15, 0.2) is 0 Å². The average molecular weight is 248 g/mol. The van der Waals surface area contributed by atoms with Gasteiger partial charge in [0.2, 0.25) is 11.9 Å². The van der Waals surface area contributed by atoms with Gasteiger partial charge in [-0.25, -0.2) is 13.5 Å². The number of nitrogens with one attached hydrogen (secondary N) is 2. The SMILES string of the molecule is COc1n[nH]c(NC(=O)CCS(C)(=O)=O)n1. The lowest BCUT2D eigenvalue weighted by Crippen LogP contribution is -2.17. The maximum absolute atomic E-state index is 11.3. The third-order valence-electron chi connectivity index (χ3n) is 1.61. The van der Waals surface area contributed by atoms with Crippen LogP contribution in [0.3, 0.4) is 0 Å². The minimum absolute atomic E-state index is 0.0958. The Morgan fingerprint density at radius 3 is 2.75 bits per heavy atom. The van der Waals surface area contributed by atoms with Gasteiger partial charge in [-0.2, -0.15) is 4.98 Å². The standard InChI is InChI=1S/C7H12N4O4S/c1-15-7-9-6(10-11-7)8-5(12)3-4-16(2,13)14/h3-4H2,1-2H3,(H2,8,9,10,11,12). The van der Waals surface area contributed by atoms with E-state index < -0.39 is 15.7 Å². The third-order valence-corrected chi connectivity index (χ3v) is 2.55. The summed E-state index contributed by atoms with van der Waals surface area (Å²) >= 11 is 0. The molecule has 1 rings (SSSR count). The second-order valence-corrected chi connectivity index (χ2v) is 5.36. The van der Waals surface area contributed by atoms with Crippen LogP contribution in [0.15, 0.2) is 0 Å². The molecule has 0 saturated heterocycles. The first-order chi connectivity index (χ1) is 7.40. The molecule has 1 amide bonds. The van der Waals surface area contributed by atoms with Crippen LogP contribution >= 0.6 is 0 Å². The van der Waals surface area contributed by atoms with Gasteiger partial charge in [-0.15, -0.1) is 5.10 Å². The van der Waals surface area contributed by atoms with Crippen molar-refractivity contribution in [3.8, 4) is 6.01 Å². The number of amides is 1. The van der Waals surface area contributed by atoms with Gasteiger partial charge in [-0.1, -0.05) is 0 Å². The van der Waals surface area contributed by atoms with Crippen LogP contribution in [0.1, 0.15) is 6.42 Å². The largest absolute Gasteiger partial charge is 0.466 e. The van der Waals surface area contributed by atoms with Crippen LogP contribution in [0.4, 0.5) is 5.95 Å². The monoisotopic (exact) mass is 248 g/mol. The smallest absolute Gasteiger partial charge is 0.336 e. The van der Waals surface area contributed by atoms with Gasteiger partial charge in [-0.3, -0.25) is 10.1 Å². The number of hydrogen-bond acceptors (Lipinski definition) is 6. The number of aromatic nitrogens is 3. The van der Waals surface area contributed by atoms with Crippen LogP contribution < -0.4 is 10.1 Å². The fourth-order valence-corrected chi connectivity index (χ4v) is 1.42. The van der Waals surface area contributed by atoms with Gasteiger partial charge in [0.1, 0.15) is 9.84 Å². The minimum atomic E-state index is -3.14. The molecule has 0 bridgehead atoms. The summed E-state index contributed by atoms with van der Waals surface area (Å²) < 4.78 is 26.3. The van der Waals surface area contributed by atoms with Gasteiger partial charge >= 0.3 is 6.01 Å². The molecule has 0 atom stereocenters. The second-order valence-electron chi connectivity index (χ2n) is 3.10. The second kappa shape index (κ2) is 4.92. The number of anilines is 1. The number of sulfone groups is 1. The van der Waals surface area contributed by atoms with E-state index in [1.165, 1.54) is 7.11 Å². The summed E-state index contributed by atoms with van der Waals surface area (Å²) in [6.45, 7) is 0. The number of aromatic amines is 1. The molecule has 90 valence electrons. The zero-order valence-electron chi connectivity index (χ0n) is 8.85. The molecular weight excluding hydrogens is 236 g/mol. The van der Waals surface area contributed by atoms with Crippen molar-refractivity contribution in [3.63, 3.8) is 0 Å². The summed E-state index contributed by atoms with van der Waals surface area (Å²) in [6, 6.07) is 0.0958. The molecule has 1 aromatic rings. The molecule has 0 spiro atoms. The Bertz CT molecular complexity index is 466. The summed E-state index contributed by atoms with van der Waals surface area (Å²) in [5, 5.41) is 8.38. The molecule has 0 aliphatic heterocycles. The molecule has 0 unspecified atom stereocenters. The van der Waals surface area contributed by atoms with Crippen molar-refractivity contribution in [1.29, 1.82) is 0 Å². The molecule has 0 radical (unpaired) electrons. The number of methoxy groups -OCH3 is 1. The number of nitrogens with zero attached hydrogens (tertiary/aromatic N) is 2. The van der Waals surface area contributed by atoms with Crippen molar-refractivity contribution < 1.29 is 17.9 Å². The fourth-order valence-electron chi connectivity index (χ4n) is 0.866. The van der Waals surface area contributed by atoms with E-state index in [9.17, 15) is 13.2 Å². The topological polar surface area (TPSA) is 114 Å². The lowest BCUT2D eigenvalue weighted by atomic mass is 10.4. The Balaban J connectivity index is 2.45. The van der Waals surface area contributed by atoms with Gasteiger partial charge in [0.25, 0.3) is 0 Å². The van der Waals surface area contributed by atoms with Crippen molar-refractivity contribution in [2.45, 2.75) is 6.42 Å². The maximum Gasteiger partial charge on any atom is 0.336 e. The predicted octanol–water partition coefficient (Wildman–Crippen LogP) is -0.814. The lowest BCUT2D eigenvalue weighted by molar-refractivity contribution is -0.115. The first kappa shape index (κ1) is 12.4. The zero-order valence-corrected chi connectivity index (χ0v) is 9.67. The normalized spacial score (nSPS) is 11.1. The summed E-state index contributed by atoms with van der Waals surface area (Å²) in [7, 11) is -1.76. The highest BCUT2D eigenvalue weighted by molar-refractivity contribution is 7.90. The van der Waals surface area contributed by atoms with E-state index in [4.69, 9.17) is 0 Å². The predicted molar refractivity (Wildman–Crippen MR) is 55.9 cm³/mol. The van der Waals surface area contributed by atoms with Gasteiger partial charge in [-0.05, 0) is 0 Å². The molecule has 1 aromatic heterocycles. The molecule has 16 heavy (non-hydrogen) atoms. The Morgan fingerprint density at radius 1 is 1.56 bits per heavy atom. The van der Waals surface area contributed by atoms with Crippen molar-refractivity contribution in [2.75, 3.05) is 24.4 Å². The highest BCUT2D eigenvalue weighted by Crippen LogP contribution is 2.04. The minimum Gasteiger partial charge on any atom is -0.466 e. The van der Waals surface area contributed by atoms with Crippen molar-refractivity contribution in [2.24, 2.45) is 0 Å². The molecule has 1 heterocycles. The first-order valence-electron chi connectivity index (χ1n) is 4.34. The van der Waals surface area contributed by atoms with Crippen molar-refractivity contribution in [3.05, 3.63) is 0 Å². The maximum atomic E-state index is 11.3. The molecule has 9 heteroatoms. The molecule has 0 aromatic carbocycles. The number of hydrogen-bond donors (Lipinski definition) is 2. The van der Waals surface area contributed by atoms with Crippen molar-refractivity contribution in [1.82, 2.24) is 15.2 Å². The van der Waals surface area contributed by atoms with Crippen LogP contribution in [-0.2, 0) is 14.6 Å². The van der Waals surface area contributed by atoms with Gasteiger partial charge in [0.05, 0.1) is 12.9 Å². The lowest BCUT2D eigenvalue weighted by Gasteiger charge is -1.99. The van der Waals surface area contributed by atoms with Crippen molar-refractivity contribution >= 4 is 21.7 Å². The number of H-pyrrole nitrogens is 1. The average Bonchev–Trinajstić information content (AvgIpc) is 2.61. The van der Waals surface area contributed by atoms with E-state index in [1.807, 2.05) is 0 Å². The van der Waals surface area contributed by atoms with E-state index in [2.05, 4.69) is 25.2 Å². The highest BCUT2D eigenvalue weighted by atomic mass is 32.2. The van der Waals surface area contributed by atoms with Crippen LogP contribution in [0, 0.1) is 0 Å². The number of ether oxygens (including phenoxy) is 1. The van der Waals surface area contributed by atoms with Crippen LogP contribution in [0.2, 0.25) is 0 Å². The fraction of sp³-hybridized carbons (Fsp3) is 0.571. The summed E-state index contributed by atoms with van der Waals surface area (Å²) in [4.78, 5) is 15.0. The van der Waals surface area contributed by atoms with E-state index >= 15 is 0 Å². The van der Waals surface area contributed by atoms with Gasteiger partial charge < -0.3 is 4.74 Å². The number of carbonyl (C=O) groups is 1. The molecule has 2 N–H and O–H groups in total. The number of rotatable bonds is 5. The van der Waals surface area contributed by atoms with E-state index in [-0.39, 0.29) is 24.1 Å². The molecule has 0 saturated carbocycles. The first-order valence-corrected chi connectivity index (χ1v) is 6.41. The zero-order chi connectivity index (χ0) is 12.2. The Morgan fingerprint density at radius 2 is 2.25 bits per heavy atom. The highest BCUT2D eigenvalue weighted by Gasteiger charge is 2.10. The quantitative estimate of drug-likeness (QED) is 0.704. The summed E-state index contributed by atoms with van der Waals surface area (Å²) in [5.74, 6) is -0.538. The van der Waals surface area contributed by atoms with Crippen LogP contribution in [0.5, 0.6) is 6.01 Å². The molecule has 0 aliphatic rings. The summed E-state index contributed by atoms with van der Waals surface area (Å²) in [6.07, 6.45) is 0.944. The molecule has 0 aliphatic carbocycles. The Kier molecular flexibility index (Phi) is 3.82. The van der Waals surface area contributed by atoms with Crippen LogP contribution in [0.25, 0.3) is 0 Å². The van der Waals surface area contributed by atoms with E-state index in [0.29, 0.717) is 0 Å². The van der Waals surface area contributed by atoms with Gasteiger partial charge in [0, 0.05) is 12.7 Å². The van der Waals surface area contributed by atoms with Crippen LogP contribution in [-0.4, -0.2) is 48.6 Å². The third kappa shape index (κ3) is 4.26. The Hall–Kier alpha value is -1.64.